The maximum atomic E-state index is 12.1. The normalized spacial score (nSPS) is 10.5. The molecule has 2 aromatic rings. The van der Waals surface area contributed by atoms with Gasteiger partial charge in [0.1, 0.15) is 0 Å². The Labute approximate surface area is 106 Å². The third-order valence-electron chi connectivity index (χ3n) is 3.13. The molecule has 0 atom stereocenters. The molecule has 1 nitrogen and oxygen atoms in total. The van der Waals surface area contributed by atoms with Crippen LogP contribution in [0.5, 0.6) is 0 Å². The van der Waals surface area contributed by atoms with Crippen LogP contribution < -0.4 is 0 Å². The van der Waals surface area contributed by atoms with E-state index in [4.69, 9.17) is 0 Å². The van der Waals surface area contributed by atoms with Gasteiger partial charge >= 0.3 is 0 Å². The summed E-state index contributed by atoms with van der Waals surface area (Å²) in [4.78, 5) is 12.1. The van der Waals surface area contributed by atoms with Crippen LogP contribution in [0.2, 0.25) is 0 Å². The summed E-state index contributed by atoms with van der Waals surface area (Å²) in [5.74, 6) is 0.248. The molecule has 0 unspecified atom stereocenters. The molecule has 0 saturated heterocycles. The van der Waals surface area contributed by atoms with Crippen molar-refractivity contribution in [1.82, 2.24) is 0 Å². The molecule has 0 spiro atoms. The Hall–Kier alpha value is -1.41. The lowest BCUT2D eigenvalue weighted by atomic mass is 9.97. The van der Waals surface area contributed by atoms with Crippen LogP contribution in [-0.2, 0) is 6.42 Å². The summed E-state index contributed by atoms with van der Waals surface area (Å²) in [5.41, 5.74) is 4.43. The van der Waals surface area contributed by atoms with E-state index in [0.29, 0.717) is 6.42 Å². The van der Waals surface area contributed by atoms with Gasteiger partial charge in [-0.1, -0.05) is 18.2 Å². The number of ketones is 1. The summed E-state index contributed by atoms with van der Waals surface area (Å²) in [5, 5.41) is 4.16. The molecule has 0 bridgehead atoms. The quantitative estimate of drug-likeness (QED) is 0.737. The fourth-order valence-corrected chi connectivity index (χ4v) is 2.58. The fourth-order valence-electron chi connectivity index (χ4n) is 1.88. The zero-order valence-corrected chi connectivity index (χ0v) is 11.0. The lowest BCUT2D eigenvalue weighted by Gasteiger charge is -2.07. The van der Waals surface area contributed by atoms with E-state index >= 15 is 0 Å². The topological polar surface area (TPSA) is 17.1 Å². The number of carbonyl (C=O) groups is 1. The predicted molar refractivity (Wildman–Crippen MR) is 72.9 cm³/mol. The number of carbonyl (C=O) groups excluding carboxylic acids is 1. The third kappa shape index (κ3) is 2.83. The van der Waals surface area contributed by atoms with Crippen molar-refractivity contribution in [2.75, 3.05) is 0 Å². The number of benzene rings is 1. The highest BCUT2D eigenvalue weighted by Gasteiger charge is 2.10. The monoisotopic (exact) mass is 244 g/mol. The molecule has 0 saturated carbocycles. The van der Waals surface area contributed by atoms with Gasteiger partial charge in [0.05, 0.1) is 0 Å². The van der Waals surface area contributed by atoms with Crippen LogP contribution in [0, 0.1) is 13.8 Å². The first-order chi connectivity index (χ1) is 8.18. The van der Waals surface area contributed by atoms with E-state index in [9.17, 15) is 4.79 Å². The SMILES string of the molecule is Cc1cccc(C(=O)CCc2ccsc2)c1C. The maximum Gasteiger partial charge on any atom is 0.163 e. The number of hydrogen-bond donors (Lipinski definition) is 0. The second-order valence-electron chi connectivity index (χ2n) is 4.30. The summed E-state index contributed by atoms with van der Waals surface area (Å²) < 4.78 is 0. The first kappa shape index (κ1) is 12.1. The molecule has 2 heteroatoms. The van der Waals surface area contributed by atoms with Gasteiger partial charge in [-0.2, -0.15) is 11.3 Å². The van der Waals surface area contributed by atoms with Crippen molar-refractivity contribution >= 4 is 17.1 Å². The Morgan fingerprint density at radius 2 is 2.06 bits per heavy atom. The molecule has 1 aromatic heterocycles. The number of hydrogen-bond acceptors (Lipinski definition) is 2. The molecule has 0 aliphatic rings. The molecule has 88 valence electrons. The molecule has 0 amide bonds. The minimum absolute atomic E-state index is 0.248. The third-order valence-corrected chi connectivity index (χ3v) is 3.86. The van der Waals surface area contributed by atoms with Gasteiger partial charge in [0.2, 0.25) is 0 Å². The molecular formula is C15H16OS. The van der Waals surface area contributed by atoms with Gasteiger partial charge in [-0.3, -0.25) is 4.79 Å². The van der Waals surface area contributed by atoms with Crippen LogP contribution in [0.4, 0.5) is 0 Å². The lowest BCUT2D eigenvalue weighted by Crippen LogP contribution is -2.04. The molecule has 0 N–H and O–H groups in total. The van der Waals surface area contributed by atoms with Gasteiger partial charge in [0.15, 0.2) is 5.78 Å². The standard InChI is InChI=1S/C15H16OS/c1-11-4-3-5-14(12(11)2)15(16)7-6-13-8-9-17-10-13/h3-5,8-10H,6-7H2,1-2H3. The number of Topliss-reactive ketones (excluding diaryl/α,β-unsaturated/α-hetero) is 1. The minimum atomic E-state index is 0.248. The van der Waals surface area contributed by atoms with Gasteiger partial charge in [-0.05, 0) is 53.8 Å². The summed E-state index contributed by atoms with van der Waals surface area (Å²) in [6.45, 7) is 4.07. The summed E-state index contributed by atoms with van der Waals surface area (Å²) in [6.07, 6.45) is 1.44. The highest BCUT2D eigenvalue weighted by Crippen LogP contribution is 2.16. The van der Waals surface area contributed by atoms with Gasteiger partial charge in [-0.15, -0.1) is 0 Å². The number of aryl methyl sites for hydroxylation is 2. The van der Waals surface area contributed by atoms with Crippen molar-refractivity contribution in [2.45, 2.75) is 26.7 Å². The second kappa shape index (κ2) is 5.28. The van der Waals surface area contributed by atoms with Gasteiger partial charge < -0.3 is 0 Å². The number of thiophene rings is 1. The summed E-state index contributed by atoms with van der Waals surface area (Å²) >= 11 is 1.68. The van der Waals surface area contributed by atoms with E-state index in [-0.39, 0.29) is 5.78 Å². The van der Waals surface area contributed by atoms with E-state index in [0.717, 1.165) is 17.5 Å². The Morgan fingerprint density at radius 3 is 2.76 bits per heavy atom. The van der Waals surface area contributed by atoms with Crippen molar-refractivity contribution in [3.8, 4) is 0 Å². The Kier molecular flexibility index (Phi) is 3.75. The van der Waals surface area contributed by atoms with Crippen LogP contribution in [0.15, 0.2) is 35.0 Å². The van der Waals surface area contributed by atoms with Crippen LogP contribution in [0.25, 0.3) is 0 Å². The zero-order chi connectivity index (χ0) is 12.3. The van der Waals surface area contributed by atoms with Gasteiger partial charge in [-0.25, -0.2) is 0 Å². The van der Waals surface area contributed by atoms with Gasteiger partial charge in [0.25, 0.3) is 0 Å². The molecule has 1 aromatic carbocycles. The highest BCUT2D eigenvalue weighted by atomic mass is 32.1. The average Bonchev–Trinajstić information content (AvgIpc) is 2.82. The summed E-state index contributed by atoms with van der Waals surface area (Å²) in [6, 6.07) is 8.02. The Balaban J connectivity index is 2.07. The van der Waals surface area contributed by atoms with E-state index in [1.165, 1.54) is 11.1 Å². The fraction of sp³-hybridized carbons (Fsp3) is 0.267. The predicted octanol–water partition coefficient (Wildman–Crippen LogP) is 4.18. The second-order valence-corrected chi connectivity index (χ2v) is 5.08. The molecule has 2 rings (SSSR count). The van der Waals surface area contributed by atoms with E-state index in [1.54, 1.807) is 11.3 Å². The van der Waals surface area contributed by atoms with Crippen LogP contribution in [0.3, 0.4) is 0 Å². The average molecular weight is 244 g/mol. The zero-order valence-electron chi connectivity index (χ0n) is 10.2. The van der Waals surface area contributed by atoms with E-state index < -0.39 is 0 Å². The van der Waals surface area contributed by atoms with Crippen molar-refractivity contribution in [2.24, 2.45) is 0 Å². The maximum absolute atomic E-state index is 12.1. The van der Waals surface area contributed by atoms with Crippen molar-refractivity contribution in [1.29, 1.82) is 0 Å². The van der Waals surface area contributed by atoms with Crippen LogP contribution >= 0.6 is 11.3 Å². The largest absolute Gasteiger partial charge is 0.294 e. The van der Waals surface area contributed by atoms with Crippen molar-refractivity contribution in [3.63, 3.8) is 0 Å². The Bertz CT molecular complexity index is 512. The molecule has 0 aliphatic heterocycles. The molecule has 1 heterocycles. The van der Waals surface area contributed by atoms with Crippen molar-refractivity contribution < 1.29 is 4.79 Å². The lowest BCUT2D eigenvalue weighted by molar-refractivity contribution is 0.0982. The van der Waals surface area contributed by atoms with Crippen LogP contribution in [0.1, 0.15) is 33.5 Å². The molecule has 0 aliphatic carbocycles. The van der Waals surface area contributed by atoms with Crippen molar-refractivity contribution in [3.05, 3.63) is 57.3 Å². The first-order valence-electron chi connectivity index (χ1n) is 5.79. The Morgan fingerprint density at radius 1 is 1.24 bits per heavy atom. The van der Waals surface area contributed by atoms with E-state index in [1.807, 2.05) is 32.0 Å². The smallest absolute Gasteiger partial charge is 0.163 e. The minimum Gasteiger partial charge on any atom is -0.294 e. The first-order valence-corrected chi connectivity index (χ1v) is 6.73. The molecule has 17 heavy (non-hydrogen) atoms. The number of rotatable bonds is 4. The highest BCUT2D eigenvalue weighted by molar-refractivity contribution is 7.07. The molecule has 0 fully saturated rings. The summed E-state index contributed by atoms with van der Waals surface area (Å²) in [7, 11) is 0. The molecular weight excluding hydrogens is 228 g/mol. The van der Waals surface area contributed by atoms with Crippen LogP contribution in [-0.4, -0.2) is 5.78 Å². The molecule has 0 radical (unpaired) electrons. The van der Waals surface area contributed by atoms with E-state index in [2.05, 4.69) is 16.8 Å². The van der Waals surface area contributed by atoms with Gasteiger partial charge in [0, 0.05) is 12.0 Å².